The lowest BCUT2D eigenvalue weighted by Crippen LogP contribution is -2.01. The summed E-state index contributed by atoms with van der Waals surface area (Å²) in [5.74, 6) is 0.0965. The molecule has 14 heavy (non-hydrogen) atoms. The topological polar surface area (TPSA) is 69.4 Å². The molecule has 74 valence electrons. The van der Waals surface area contributed by atoms with Crippen LogP contribution in [0.3, 0.4) is 0 Å². The molecule has 0 aliphatic rings. The zero-order valence-corrected chi connectivity index (χ0v) is 7.95. The normalized spacial score (nSPS) is 9.57. The third-order valence-corrected chi connectivity index (χ3v) is 1.81. The van der Waals surface area contributed by atoms with E-state index in [0.29, 0.717) is 0 Å². The highest BCUT2D eigenvalue weighted by atomic mass is 35.5. The molecule has 0 spiro atoms. The number of methoxy groups -OCH3 is 1. The quantitative estimate of drug-likeness (QED) is 0.439. The standard InChI is InChI=1S/C8H6ClNO4/c1-14-6-4-2-3-5(10(12)13)7(6)8(9)11/h2-4H,1H3. The van der Waals surface area contributed by atoms with Crippen LogP contribution in [0.4, 0.5) is 5.69 Å². The minimum atomic E-state index is -0.908. The van der Waals surface area contributed by atoms with Gasteiger partial charge in [0.2, 0.25) is 0 Å². The molecule has 0 amide bonds. The van der Waals surface area contributed by atoms with Crippen molar-refractivity contribution in [3.05, 3.63) is 33.9 Å². The lowest BCUT2D eigenvalue weighted by atomic mass is 10.2. The fourth-order valence-corrected chi connectivity index (χ4v) is 1.23. The smallest absolute Gasteiger partial charge is 0.285 e. The highest BCUT2D eigenvalue weighted by Crippen LogP contribution is 2.29. The summed E-state index contributed by atoms with van der Waals surface area (Å²) in [6.07, 6.45) is 0. The molecule has 5 nitrogen and oxygen atoms in total. The number of nitro groups is 1. The maximum atomic E-state index is 10.9. The van der Waals surface area contributed by atoms with Crippen LogP contribution in [0.25, 0.3) is 0 Å². The highest BCUT2D eigenvalue weighted by Gasteiger charge is 2.22. The first-order valence-electron chi connectivity index (χ1n) is 3.59. The van der Waals surface area contributed by atoms with Crippen LogP contribution in [0, 0.1) is 10.1 Å². The van der Waals surface area contributed by atoms with Gasteiger partial charge in [-0.3, -0.25) is 14.9 Å². The van der Waals surface area contributed by atoms with Crippen LogP contribution in [-0.2, 0) is 0 Å². The van der Waals surface area contributed by atoms with Gasteiger partial charge in [-0.1, -0.05) is 6.07 Å². The second-order valence-corrected chi connectivity index (χ2v) is 2.73. The highest BCUT2D eigenvalue weighted by molar-refractivity contribution is 6.68. The summed E-state index contributed by atoms with van der Waals surface area (Å²) in [7, 11) is 1.31. The van der Waals surface area contributed by atoms with Crippen molar-refractivity contribution in [3.63, 3.8) is 0 Å². The largest absolute Gasteiger partial charge is 0.496 e. The van der Waals surface area contributed by atoms with Gasteiger partial charge in [0, 0.05) is 6.07 Å². The minimum Gasteiger partial charge on any atom is -0.496 e. The third-order valence-electron chi connectivity index (χ3n) is 1.62. The molecule has 0 atom stereocenters. The van der Waals surface area contributed by atoms with Crippen LogP contribution in [0.15, 0.2) is 18.2 Å². The van der Waals surface area contributed by atoms with Crippen molar-refractivity contribution < 1.29 is 14.5 Å². The maximum absolute atomic E-state index is 10.9. The first-order valence-corrected chi connectivity index (χ1v) is 3.97. The molecule has 1 rings (SSSR count). The number of halogens is 1. The summed E-state index contributed by atoms with van der Waals surface area (Å²) in [5, 5.41) is 9.63. The maximum Gasteiger partial charge on any atom is 0.285 e. The number of carbonyl (C=O) groups is 1. The fraction of sp³-hybridized carbons (Fsp3) is 0.125. The molecule has 0 saturated carbocycles. The average Bonchev–Trinajstić information content (AvgIpc) is 2.16. The van der Waals surface area contributed by atoms with Crippen LogP contribution in [0.1, 0.15) is 10.4 Å². The van der Waals surface area contributed by atoms with Crippen molar-refractivity contribution in [1.29, 1.82) is 0 Å². The molecule has 0 unspecified atom stereocenters. The number of hydrogen-bond acceptors (Lipinski definition) is 4. The lowest BCUT2D eigenvalue weighted by Gasteiger charge is -2.04. The van der Waals surface area contributed by atoms with E-state index in [2.05, 4.69) is 0 Å². The summed E-state index contributed by atoms with van der Waals surface area (Å²) in [4.78, 5) is 20.8. The molecule has 0 N–H and O–H groups in total. The Morgan fingerprint density at radius 2 is 2.21 bits per heavy atom. The Labute approximate surface area is 84.4 Å². The van der Waals surface area contributed by atoms with E-state index in [1.54, 1.807) is 0 Å². The number of nitro benzene ring substituents is 1. The van der Waals surface area contributed by atoms with Crippen LogP contribution >= 0.6 is 11.6 Å². The van der Waals surface area contributed by atoms with Crippen molar-refractivity contribution >= 4 is 22.5 Å². The van der Waals surface area contributed by atoms with Gasteiger partial charge in [-0.25, -0.2) is 0 Å². The Morgan fingerprint density at radius 3 is 2.64 bits per heavy atom. The Morgan fingerprint density at radius 1 is 1.57 bits per heavy atom. The van der Waals surface area contributed by atoms with E-state index < -0.39 is 10.2 Å². The molecule has 1 aromatic carbocycles. The second kappa shape index (κ2) is 4.06. The van der Waals surface area contributed by atoms with Gasteiger partial charge in [0.15, 0.2) is 5.56 Å². The Hall–Kier alpha value is -1.62. The molecule has 0 saturated heterocycles. The van der Waals surface area contributed by atoms with Gasteiger partial charge in [-0.15, -0.1) is 0 Å². The van der Waals surface area contributed by atoms with Gasteiger partial charge < -0.3 is 4.74 Å². The van der Waals surface area contributed by atoms with Gasteiger partial charge in [0.05, 0.1) is 12.0 Å². The summed E-state index contributed by atoms with van der Waals surface area (Å²) in [6, 6.07) is 4.04. The molecule has 0 bridgehead atoms. The monoisotopic (exact) mass is 215 g/mol. The van der Waals surface area contributed by atoms with Crippen LogP contribution in [0.5, 0.6) is 5.75 Å². The SMILES string of the molecule is COc1cccc([N+](=O)[O-])c1C(=O)Cl. The summed E-state index contributed by atoms with van der Waals surface area (Å²) >= 11 is 5.21. The van der Waals surface area contributed by atoms with E-state index in [1.165, 1.54) is 25.3 Å². The van der Waals surface area contributed by atoms with E-state index in [-0.39, 0.29) is 17.0 Å². The molecular formula is C8H6ClNO4. The first-order chi connectivity index (χ1) is 6.57. The summed E-state index contributed by atoms with van der Waals surface area (Å²) < 4.78 is 4.79. The van der Waals surface area contributed by atoms with Crippen molar-refractivity contribution in [2.45, 2.75) is 0 Å². The van der Waals surface area contributed by atoms with Crippen molar-refractivity contribution in [1.82, 2.24) is 0 Å². The number of ether oxygens (including phenoxy) is 1. The molecule has 0 radical (unpaired) electrons. The number of benzene rings is 1. The first kappa shape index (κ1) is 10.5. The lowest BCUT2D eigenvalue weighted by molar-refractivity contribution is -0.385. The molecule has 0 aromatic heterocycles. The molecule has 0 aliphatic heterocycles. The number of hydrogen-bond donors (Lipinski definition) is 0. The van der Waals surface area contributed by atoms with E-state index >= 15 is 0 Å². The van der Waals surface area contributed by atoms with Crippen molar-refractivity contribution in [2.75, 3.05) is 7.11 Å². The van der Waals surface area contributed by atoms with E-state index in [0.717, 1.165) is 0 Å². The van der Waals surface area contributed by atoms with Gasteiger partial charge >= 0.3 is 0 Å². The van der Waals surface area contributed by atoms with E-state index in [4.69, 9.17) is 16.3 Å². The minimum absolute atomic E-state index is 0.0965. The molecule has 0 aliphatic carbocycles. The van der Waals surface area contributed by atoms with Gasteiger partial charge in [-0.05, 0) is 17.7 Å². The zero-order chi connectivity index (χ0) is 10.7. The van der Waals surface area contributed by atoms with E-state index in [1.807, 2.05) is 0 Å². The van der Waals surface area contributed by atoms with Crippen molar-refractivity contribution in [2.24, 2.45) is 0 Å². The van der Waals surface area contributed by atoms with Crippen molar-refractivity contribution in [3.8, 4) is 5.75 Å². The van der Waals surface area contributed by atoms with E-state index in [9.17, 15) is 14.9 Å². The van der Waals surface area contributed by atoms with Crippen LogP contribution in [0.2, 0.25) is 0 Å². The average molecular weight is 216 g/mol. The van der Waals surface area contributed by atoms with Gasteiger partial charge in [0.25, 0.3) is 10.9 Å². The van der Waals surface area contributed by atoms with Gasteiger partial charge in [-0.2, -0.15) is 0 Å². The number of nitrogens with zero attached hydrogens (tertiary/aromatic N) is 1. The Bertz CT molecular complexity index is 391. The fourth-order valence-electron chi connectivity index (χ4n) is 1.04. The molecule has 1 aromatic rings. The van der Waals surface area contributed by atoms with Crippen LogP contribution < -0.4 is 4.74 Å². The number of carbonyl (C=O) groups excluding carboxylic acids is 1. The molecule has 0 fully saturated rings. The third kappa shape index (κ3) is 1.82. The number of rotatable bonds is 3. The molecule has 6 heteroatoms. The van der Waals surface area contributed by atoms with Crippen LogP contribution in [-0.4, -0.2) is 17.3 Å². The Kier molecular flexibility index (Phi) is 3.03. The summed E-state index contributed by atoms with van der Waals surface area (Å²) in [5.41, 5.74) is -0.578. The molecular weight excluding hydrogens is 210 g/mol. The zero-order valence-electron chi connectivity index (χ0n) is 7.19. The predicted molar refractivity (Wildman–Crippen MR) is 49.8 cm³/mol. The second-order valence-electron chi connectivity index (χ2n) is 2.39. The predicted octanol–water partition coefficient (Wildman–Crippen LogP) is 1.98. The molecule has 0 heterocycles. The summed E-state index contributed by atoms with van der Waals surface area (Å²) in [6.45, 7) is 0. The van der Waals surface area contributed by atoms with Gasteiger partial charge in [0.1, 0.15) is 5.75 Å². The Balaban J connectivity index is 3.43.